The number of rotatable bonds is 4. The van der Waals surface area contributed by atoms with Crippen LogP contribution in [0.1, 0.15) is 11.1 Å². The second-order valence-electron chi connectivity index (χ2n) is 6.17. The minimum absolute atomic E-state index is 0.791. The fourth-order valence-corrected chi connectivity index (χ4v) is 3.08. The summed E-state index contributed by atoms with van der Waals surface area (Å²) in [6.45, 7) is 7.20. The Morgan fingerprint density at radius 3 is 2.35 bits per heavy atom. The van der Waals surface area contributed by atoms with E-state index in [1.165, 1.54) is 11.3 Å². The van der Waals surface area contributed by atoms with Crippen molar-refractivity contribution in [2.45, 2.75) is 13.5 Å². The number of ether oxygens (including phenoxy) is 1. The molecule has 0 radical (unpaired) electrons. The lowest BCUT2D eigenvalue weighted by atomic mass is 10.1. The van der Waals surface area contributed by atoms with Crippen LogP contribution in [0.2, 0.25) is 0 Å². The van der Waals surface area contributed by atoms with Crippen LogP contribution >= 0.6 is 0 Å². The van der Waals surface area contributed by atoms with Crippen LogP contribution in [0.5, 0.6) is 5.75 Å². The Labute approximate surface area is 138 Å². The van der Waals surface area contributed by atoms with Crippen molar-refractivity contribution in [2.75, 3.05) is 43.9 Å². The molecule has 0 aromatic heterocycles. The number of nitrogen functional groups attached to an aromatic ring is 1. The van der Waals surface area contributed by atoms with E-state index in [0.717, 1.165) is 49.7 Å². The number of benzene rings is 2. The van der Waals surface area contributed by atoms with Crippen molar-refractivity contribution in [1.82, 2.24) is 4.90 Å². The smallest absolute Gasteiger partial charge is 0.123 e. The highest BCUT2D eigenvalue weighted by molar-refractivity contribution is 5.49. The van der Waals surface area contributed by atoms with Crippen LogP contribution in [0, 0.1) is 6.92 Å². The average Bonchev–Trinajstić information content (AvgIpc) is 2.57. The summed E-state index contributed by atoms with van der Waals surface area (Å²) in [4.78, 5) is 4.91. The Balaban J connectivity index is 1.61. The van der Waals surface area contributed by atoms with E-state index in [0.29, 0.717) is 0 Å². The highest BCUT2D eigenvalue weighted by atomic mass is 16.5. The number of anilines is 2. The van der Waals surface area contributed by atoms with Crippen molar-refractivity contribution < 1.29 is 4.74 Å². The average molecular weight is 311 g/mol. The van der Waals surface area contributed by atoms with E-state index >= 15 is 0 Å². The zero-order valence-corrected chi connectivity index (χ0v) is 14.0. The van der Waals surface area contributed by atoms with Crippen molar-refractivity contribution in [3.05, 3.63) is 53.6 Å². The summed E-state index contributed by atoms with van der Waals surface area (Å²) in [6.07, 6.45) is 0. The third-order valence-electron chi connectivity index (χ3n) is 4.47. The Morgan fingerprint density at radius 1 is 1.00 bits per heavy atom. The topological polar surface area (TPSA) is 41.7 Å². The Bertz CT molecular complexity index is 646. The van der Waals surface area contributed by atoms with Gasteiger partial charge in [0.2, 0.25) is 0 Å². The molecule has 23 heavy (non-hydrogen) atoms. The van der Waals surface area contributed by atoms with E-state index in [9.17, 15) is 0 Å². The Kier molecular flexibility index (Phi) is 4.72. The van der Waals surface area contributed by atoms with Gasteiger partial charge in [-0.05, 0) is 37.3 Å². The highest BCUT2D eigenvalue weighted by Gasteiger charge is 2.18. The van der Waals surface area contributed by atoms with E-state index in [1.54, 1.807) is 7.11 Å². The first-order valence-electron chi connectivity index (χ1n) is 8.12. The number of piperazine rings is 1. The molecule has 0 amide bonds. The minimum atomic E-state index is 0.791. The molecule has 2 aromatic carbocycles. The van der Waals surface area contributed by atoms with Gasteiger partial charge in [-0.1, -0.05) is 17.7 Å². The second-order valence-corrected chi connectivity index (χ2v) is 6.17. The van der Waals surface area contributed by atoms with Gasteiger partial charge in [0.1, 0.15) is 5.75 Å². The summed E-state index contributed by atoms with van der Waals surface area (Å²) in [7, 11) is 1.71. The molecule has 0 aliphatic carbocycles. The molecular formula is C19H25N3O. The van der Waals surface area contributed by atoms with Crippen LogP contribution in [0.15, 0.2) is 42.5 Å². The SMILES string of the molecule is COc1ccc(N)cc1CN1CCN(c2ccc(C)cc2)CC1. The van der Waals surface area contributed by atoms with Gasteiger partial charge in [0.05, 0.1) is 7.11 Å². The third-order valence-corrected chi connectivity index (χ3v) is 4.47. The van der Waals surface area contributed by atoms with Gasteiger partial charge < -0.3 is 15.4 Å². The maximum Gasteiger partial charge on any atom is 0.123 e. The van der Waals surface area contributed by atoms with Gasteiger partial charge in [0, 0.05) is 49.7 Å². The van der Waals surface area contributed by atoms with Crippen LogP contribution in [-0.4, -0.2) is 38.2 Å². The zero-order chi connectivity index (χ0) is 16.2. The summed E-state index contributed by atoms with van der Waals surface area (Å²) < 4.78 is 5.45. The molecule has 4 heteroatoms. The van der Waals surface area contributed by atoms with Gasteiger partial charge in [-0.2, -0.15) is 0 Å². The molecule has 0 saturated carbocycles. The molecule has 4 nitrogen and oxygen atoms in total. The third kappa shape index (κ3) is 3.77. The fourth-order valence-electron chi connectivity index (χ4n) is 3.08. The molecule has 1 saturated heterocycles. The summed E-state index contributed by atoms with van der Waals surface area (Å²) in [5, 5.41) is 0. The lowest BCUT2D eigenvalue weighted by molar-refractivity contribution is 0.246. The molecule has 1 fully saturated rings. The van der Waals surface area contributed by atoms with Crippen LogP contribution < -0.4 is 15.4 Å². The molecule has 2 aromatic rings. The molecule has 0 atom stereocenters. The van der Waals surface area contributed by atoms with Crippen molar-refractivity contribution >= 4 is 11.4 Å². The number of hydrogen-bond acceptors (Lipinski definition) is 4. The molecule has 122 valence electrons. The van der Waals surface area contributed by atoms with Crippen LogP contribution in [0.3, 0.4) is 0 Å². The van der Waals surface area contributed by atoms with Gasteiger partial charge in [0.25, 0.3) is 0 Å². The number of nitrogens with two attached hydrogens (primary N) is 1. The first-order chi connectivity index (χ1) is 11.2. The van der Waals surface area contributed by atoms with E-state index in [-0.39, 0.29) is 0 Å². The van der Waals surface area contributed by atoms with Gasteiger partial charge >= 0.3 is 0 Å². The maximum absolute atomic E-state index is 5.92. The largest absolute Gasteiger partial charge is 0.496 e. The standard InChI is InChI=1S/C19H25N3O/c1-15-3-6-18(7-4-15)22-11-9-21(10-12-22)14-16-13-17(20)5-8-19(16)23-2/h3-8,13H,9-12,14,20H2,1-2H3. The molecule has 2 N–H and O–H groups in total. The Hall–Kier alpha value is -2.20. The molecule has 1 heterocycles. The lowest BCUT2D eigenvalue weighted by Crippen LogP contribution is -2.46. The zero-order valence-electron chi connectivity index (χ0n) is 14.0. The van der Waals surface area contributed by atoms with Crippen molar-refractivity contribution in [3.8, 4) is 5.75 Å². The first kappa shape index (κ1) is 15.7. The normalized spacial score (nSPS) is 15.7. The predicted molar refractivity (Wildman–Crippen MR) is 96.1 cm³/mol. The van der Waals surface area contributed by atoms with E-state index < -0.39 is 0 Å². The molecule has 1 aliphatic heterocycles. The van der Waals surface area contributed by atoms with Crippen LogP contribution in [0.4, 0.5) is 11.4 Å². The summed E-state index contributed by atoms with van der Waals surface area (Å²) in [6, 6.07) is 14.6. The maximum atomic E-state index is 5.92. The van der Waals surface area contributed by atoms with E-state index in [2.05, 4.69) is 41.0 Å². The van der Waals surface area contributed by atoms with Crippen LogP contribution in [-0.2, 0) is 6.54 Å². The van der Waals surface area contributed by atoms with Gasteiger partial charge in [-0.25, -0.2) is 0 Å². The number of hydrogen-bond donors (Lipinski definition) is 1. The van der Waals surface area contributed by atoms with Crippen molar-refractivity contribution in [2.24, 2.45) is 0 Å². The molecule has 0 unspecified atom stereocenters. The van der Waals surface area contributed by atoms with E-state index in [1.807, 2.05) is 18.2 Å². The van der Waals surface area contributed by atoms with Crippen LogP contribution in [0.25, 0.3) is 0 Å². The number of nitrogens with zero attached hydrogens (tertiary/aromatic N) is 2. The number of aryl methyl sites for hydroxylation is 1. The van der Waals surface area contributed by atoms with E-state index in [4.69, 9.17) is 10.5 Å². The summed E-state index contributed by atoms with van der Waals surface area (Å²) in [5.41, 5.74) is 10.5. The fraction of sp³-hybridized carbons (Fsp3) is 0.368. The van der Waals surface area contributed by atoms with Gasteiger partial charge in [-0.15, -0.1) is 0 Å². The van der Waals surface area contributed by atoms with Crippen molar-refractivity contribution in [3.63, 3.8) is 0 Å². The van der Waals surface area contributed by atoms with Gasteiger partial charge in [0.15, 0.2) is 0 Å². The molecule has 1 aliphatic rings. The molecule has 0 bridgehead atoms. The van der Waals surface area contributed by atoms with Crippen molar-refractivity contribution in [1.29, 1.82) is 0 Å². The quantitative estimate of drug-likeness (QED) is 0.882. The molecular weight excluding hydrogens is 286 g/mol. The minimum Gasteiger partial charge on any atom is -0.496 e. The monoisotopic (exact) mass is 311 g/mol. The number of methoxy groups -OCH3 is 1. The summed E-state index contributed by atoms with van der Waals surface area (Å²) >= 11 is 0. The highest BCUT2D eigenvalue weighted by Crippen LogP contribution is 2.24. The second kappa shape index (κ2) is 6.92. The predicted octanol–water partition coefficient (Wildman–Crippen LogP) is 2.91. The Morgan fingerprint density at radius 2 is 1.70 bits per heavy atom. The summed E-state index contributed by atoms with van der Waals surface area (Å²) in [5.74, 6) is 0.917. The molecule has 3 rings (SSSR count). The first-order valence-corrected chi connectivity index (χ1v) is 8.12. The molecule has 0 spiro atoms. The lowest BCUT2D eigenvalue weighted by Gasteiger charge is -2.36. The van der Waals surface area contributed by atoms with Gasteiger partial charge in [-0.3, -0.25) is 4.90 Å².